The Labute approximate surface area is 138 Å². The fourth-order valence-corrected chi connectivity index (χ4v) is 2.42. The van der Waals surface area contributed by atoms with E-state index >= 15 is 0 Å². The Balaban J connectivity index is 2.24. The van der Waals surface area contributed by atoms with Gasteiger partial charge >= 0.3 is 0 Å². The van der Waals surface area contributed by atoms with E-state index in [9.17, 15) is 0 Å². The first-order valence-corrected chi connectivity index (χ1v) is 7.58. The van der Waals surface area contributed by atoms with Crippen molar-refractivity contribution in [2.24, 2.45) is 0 Å². The highest BCUT2D eigenvalue weighted by Crippen LogP contribution is 2.32. The molecule has 0 fully saturated rings. The lowest BCUT2D eigenvalue weighted by Gasteiger charge is -2.20. The van der Waals surface area contributed by atoms with Crippen molar-refractivity contribution in [2.75, 3.05) is 31.4 Å². The summed E-state index contributed by atoms with van der Waals surface area (Å²) >= 11 is 9.51. The van der Waals surface area contributed by atoms with Gasteiger partial charge in [-0.25, -0.2) is 4.98 Å². The van der Waals surface area contributed by atoms with E-state index in [1.807, 2.05) is 43.3 Å². The van der Waals surface area contributed by atoms with Crippen molar-refractivity contribution in [1.29, 1.82) is 0 Å². The van der Waals surface area contributed by atoms with Crippen LogP contribution in [0, 0.1) is 0 Å². The molecule has 6 heteroatoms. The zero-order valence-electron chi connectivity index (χ0n) is 12.2. The van der Waals surface area contributed by atoms with Crippen molar-refractivity contribution >= 4 is 38.9 Å². The fourth-order valence-electron chi connectivity index (χ4n) is 1.97. The molecule has 0 unspecified atom stereocenters. The number of aromatic nitrogens is 1. The molecular formula is C15H17BrClN3O. The summed E-state index contributed by atoms with van der Waals surface area (Å²) in [6.45, 7) is 0.635. The van der Waals surface area contributed by atoms with Crippen molar-refractivity contribution < 1.29 is 4.74 Å². The predicted octanol–water partition coefficient (Wildman–Crippen LogP) is 4.18. The van der Waals surface area contributed by atoms with E-state index in [2.05, 4.69) is 26.2 Å². The second kappa shape index (κ2) is 7.00. The Kier molecular flexibility index (Phi) is 5.31. The standard InChI is InChI=1S/C15H17BrClN3O/c1-20(2)13-6-7-18-15(21-3)14(13)19-9-10-4-5-11(16)12(17)8-10/h4-8,19H,9H2,1-3H3. The van der Waals surface area contributed by atoms with Gasteiger partial charge in [-0.2, -0.15) is 0 Å². The van der Waals surface area contributed by atoms with Crippen LogP contribution >= 0.6 is 27.5 Å². The molecule has 0 saturated carbocycles. The topological polar surface area (TPSA) is 37.4 Å². The number of ether oxygens (including phenoxy) is 1. The van der Waals surface area contributed by atoms with E-state index in [0.29, 0.717) is 17.4 Å². The van der Waals surface area contributed by atoms with E-state index < -0.39 is 0 Å². The largest absolute Gasteiger partial charge is 0.479 e. The summed E-state index contributed by atoms with van der Waals surface area (Å²) in [4.78, 5) is 6.25. The highest BCUT2D eigenvalue weighted by Gasteiger charge is 2.12. The molecule has 2 rings (SSSR count). The quantitative estimate of drug-likeness (QED) is 0.856. The maximum absolute atomic E-state index is 6.12. The first-order valence-electron chi connectivity index (χ1n) is 6.41. The lowest BCUT2D eigenvalue weighted by atomic mass is 10.2. The summed E-state index contributed by atoms with van der Waals surface area (Å²) in [6.07, 6.45) is 1.73. The van der Waals surface area contributed by atoms with E-state index in [4.69, 9.17) is 16.3 Å². The lowest BCUT2D eigenvalue weighted by Crippen LogP contribution is -2.13. The Morgan fingerprint density at radius 1 is 1.33 bits per heavy atom. The fraction of sp³-hybridized carbons (Fsp3) is 0.267. The average molecular weight is 371 g/mol. The van der Waals surface area contributed by atoms with Gasteiger partial charge < -0.3 is 15.0 Å². The third-order valence-electron chi connectivity index (χ3n) is 3.02. The van der Waals surface area contributed by atoms with Crippen molar-refractivity contribution in [3.05, 3.63) is 45.5 Å². The van der Waals surface area contributed by atoms with Crippen LogP contribution in [0.25, 0.3) is 0 Å². The molecule has 0 atom stereocenters. The number of pyridine rings is 1. The summed E-state index contributed by atoms with van der Waals surface area (Å²) in [5.74, 6) is 0.574. The van der Waals surface area contributed by atoms with Crippen LogP contribution in [0.3, 0.4) is 0 Å². The van der Waals surface area contributed by atoms with Gasteiger partial charge in [0.25, 0.3) is 0 Å². The third kappa shape index (κ3) is 3.80. The van der Waals surface area contributed by atoms with Gasteiger partial charge in [-0.05, 0) is 39.7 Å². The van der Waals surface area contributed by atoms with E-state index in [0.717, 1.165) is 21.4 Å². The Morgan fingerprint density at radius 2 is 2.10 bits per heavy atom. The van der Waals surface area contributed by atoms with Crippen LogP contribution in [0.2, 0.25) is 5.02 Å². The van der Waals surface area contributed by atoms with Gasteiger partial charge in [0.05, 0.1) is 17.8 Å². The number of hydrogen-bond donors (Lipinski definition) is 1. The van der Waals surface area contributed by atoms with Crippen molar-refractivity contribution in [1.82, 2.24) is 4.98 Å². The monoisotopic (exact) mass is 369 g/mol. The van der Waals surface area contributed by atoms with Crippen LogP contribution in [0.1, 0.15) is 5.56 Å². The number of hydrogen-bond acceptors (Lipinski definition) is 4. The second-order valence-electron chi connectivity index (χ2n) is 4.71. The Hall–Kier alpha value is -1.46. The molecule has 0 aliphatic carbocycles. The highest BCUT2D eigenvalue weighted by atomic mass is 79.9. The molecule has 0 aliphatic heterocycles. The maximum Gasteiger partial charge on any atom is 0.239 e. The molecule has 4 nitrogen and oxygen atoms in total. The third-order valence-corrected chi connectivity index (χ3v) is 4.26. The molecule has 0 spiro atoms. The molecule has 0 radical (unpaired) electrons. The van der Waals surface area contributed by atoms with Crippen LogP contribution in [0.5, 0.6) is 5.88 Å². The number of anilines is 2. The summed E-state index contributed by atoms with van der Waals surface area (Å²) in [5.41, 5.74) is 2.97. The van der Waals surface area contributed by atoms with Gasteiger partial charge in [0.1, 0.15) is 5.69 Å². The molecule has 0 aliphatic rings. The highest BCUT2D eigenvalue weighted by molar-refractivity contribution is 9.10. The molecule has 1 heterocycles. The van der Waals surface area contributed by atoms with Crippen molar-refractivity contribution in [3.63, 3.8) is 0 Å². The SMILES string of the molecule is COc1nccc(N(C)C)c1NCc1ccc(Br)c(Cl)c1. The van der Waals surface area contributed by atoms with Gasteiger partial charge in [0, 0.05) is 31.3 Å². The van der Waals surface area contributed by atoms with Gasteiger partial charge in [-0.3, -0.25) is 0 Å². The Bertz CT molecular complexity index is 634. The van der Waals surface area contributed by atoms with Gasteiger partial charge in [0.15, 0.2) is 0 Å². The summed E-state index contributed by atoms with van der Waals surface area (Å²) in [5, 5.41) is 4.07. The van der Waals surface area contributed by atoms with E-state index in [1.54, 1.807) is 13.3 Å². The van der Waals surface area contributed by atoms with Crippen LogP contribution in [0.4, 0.5) is 11.4 Å². The summed E-state index contributed by atoms with van der Waals surface area (Å²) in [6, 6.07) is 7.82. The van der Waals surface area contributed by atoms with Crippen LogP contribution in [-0.2, 0) is 6.54 Å². The van der Waals surface area contributed by atoms with Crippen molar-refractivity contribution in [2.45, 2.75) is 6.54 Å². The average Bonchev–Trinajstić information content (AvgIpc) is 2.48. The molecule has 21 heavy (non-hydrogen) atoms. The Morgan fingerprint density at radius 3 is 2.71 bits per heavy atom. The molecule has 1 N–H and O–H groups in total. The van der Waals surface area contributed by atoms with Crippen molar-refractivity contribution in [3.8, 4) is 5.88 Å². The molecule has 1 aromatic carbocycles. The number of methoxy groups -OCH3 is 1. The number of benzene rings is 1. The first kappa shape index (κ1) is 15.9. The first-order chi connectivity index (χ1) is 10.0. The molecule has 2 aromatic rings. The number of nitrogens with zero attached hydrogens (tertiary/aromatic N) is 2. The smallest absolute Gasteiger partial charge is 0.239 e. The number of nitrogens with one attached hydrogen (secondary N) is 1. The van der Waals surface area contributed by atoms with Gasteiger partial charge in [-0.15, -0.1) is 0 Å². The predicted molar refractivity (Wildman–Crippen MR) is 91.6 cm³/mol. The summed E-state index contributed by atoms with van der Waals surface area (Å²) in [7, 11) is 5.58. The molecular weight excluding hydrogens is 354 g/mol. The molecule has 0 amide bonds. The zero-order valence-corrected chi connectivity index (χ0v) is 14.5. The maximum atomic E-state index is 6.12. The van der Waals surface area contributed by atoms with Crippen LogP contribution in [0.15, 0.2) is 34.9 Å². The molecule has 0 bridgehead atoms. The minimum atomic E-state index is 0.574. The number of halogens is 2. The zero-order chi connectivity index (χ0) is 15.4. The normalized spacial score (nSPS) is 10.3. The van der Waals surface area contributed by atoms with Gasteiger partial charge in [0.2, 0.25) is 5.88 Å². The van der Waals surface area contributed by atoms with Crippen LogP contribution in [-0.4, -0.2) is 26.2 Å². The molecule has 0 saturated heterocycles. The number of rotatable bonds is 5. The molecule has 1 aromatic heterocycles. The van der Waals surface area contributed by atoms with E-state index in [-0.39, 0.29) is 0 Å². The van der Waals surface area contributed by atoms with Crippen LogP contribution < -0.4 is 15.0 Å². The summed E-state index contributed by atoms with van der Waals surface area (Å²) < 4.78 is 6.22. The molecule has 112 valence electrons. The minimum Gasteiger partial charge on any atom is -0.479 e. The second-order valence-corrected chi connectivity index (χ2v) is 5.97. The minimum absolute atomic E-state index is 0.574. The lowest BCUT2D eigenvalue weighted by molar-refractivity contribution is 0.400. The van der Waals surface area contributed by atoms with E-state index in [1.165, 1.54) is 0 Å². The van der Waals surface area contributed by atoms with Gasteiger partial charge in [-0.1, -0.05) is 17.7 Å².